The number of aromatic nitrogens is 2. The number of rotatable bonds is 5. The molecule has 2 aliphatic rings. The van der Waals surface area contributed by atoms with Crippen molar-refractivity contribution in [3.05, 3.63) is 60.2 Å². The van der Waals surface area contributed by atoms with Gasteiger partial charge in [-0.3, -0.25) is 4.79 Å². The summed E-state index contributed by atoms with van der Waals surface area (Å²) in [6.45, 7) is 6.68. The summed E-state index contributed by atoms with van der Waals surface area (Å²) in [5.41, 5.74) is 2.80. The third-order valence-corrected chi connectivity index (χ3v) is 5.88. The van der Waals surface area contributed by atoms with Gasteiger partial charge in [-0.05, 0) is 61.9 Å². The molecule has 0 saturated carbocycles. The van der Waals surface area contributed by atoms with Gasteiger partial charge in [0.05, 0.1) is 5.69 Å². The molecule has 8 nitrogen and oxygen atoms in total. The van der Waals surface area contributed by atoms with Gasteiger partial charge in [0.25, 0.3) is 5.91 Å². The largest absolute Gasteiger partial charge is 0.481 e. The Morgan fingerprint density at radius 2 is 1.79 bits per heavy atom. The predicted octanol–water partition coefficient (Wildman–Crippen LogP) is 3.30. The average molecular weight is 447 g/mol. The van der Waals surface area contributed by atoms with E-state index in [2.05, 4.69) is 15.1 Å². The highest BCUT2D eigenvalue weighted by atomic mass is 16.7. The third-order valence-electron chi connectivity index (χ3n) is 5.88. The first kappa shape index (κ1) is 21.1. The summed E-state index contributed by atoms with van der Waals surface area (Å²) < 4.78 is 16.7. The molecular formula is C25H26N4O4. The Labute approximate surface area is 192 Å². The summed E-state index contributed by atoms with van der Waals surface area (Å²) in [6, 6.07) is 17.4. The first-order valence-electron chi connectivity index (χ1n) is 11.1. The number of benzene rings is 2. The summed E-state index contributed by atoms with van der Waals surface area (Å²) in [7, 11) is 0. The second-order valence-corrected chi connectivity index (χ2v) is 8.23. The topological polar surface area (TPSA) is 77.0 Å². The minimum absolute atomic E-state index is 0.000367. The second kappa shape index (κ2) is 8.97. The van der Waals surface area contributed by atoms with Gasteiger partial charge in [0.2, 0.25) is 6.79 Å². The van der Waals surface area contributed by atoms with Crippen LogP contribution in [-0.2, 0) is 4.79 Å². The lowest BCUT2D eigenvalue weighted by Crippen LogP contribution is -2.52. The van der Waals surface area contributed by atoms with E-state index in [0.29, 0.717) is 31.9 Å². The Bertz CT molecular complexity index is 1140. The van der Waals surface area contributed by atoms with Crippen molar-refractivity contribution in [1.82, 2.24) is 15.1 Å². The highest BCUT2D eigenvalue weighted by Gasteiger charge is 2.27. The van der Waals surface area contributed by atoms with E-state index in [9.17, 15) is 4.79 Å². The molecule has 0 spiro atoms. The molecule has 1 fully saturated rings. The standard InChI is InChI=1S/C25H26N4O4/c1-17-4-3-5-20(14-17)33-18(2)25(30)29-12-10-28(11-13-29)24-9-7-21(26-27-24)19-6-8-22-23(15-19)32-16-31-22/h3-9,14-15,18H,10-13,16H2,1-2H3. The van der Waals surface area contributed by atoms with Gasteiger partial charge < -0.3 is 24.0 Å². The maximum Gasteiger partial charge on any atom is 0.263 e. The summed E-state index contributed by atoms with van der Waals surface area (Å²) in [6.07, 6.45) is -0.529. The molecule has 170 valence electrons. The van der Waals surface area contributed by atoms with Gasteiger partial charge in [0, 0.05) is 31.7 Å². The molecule has 1 amide bonds. The van der Waals surface area contributed by atoms with Crippen molar-refractivity contribution in [2.45, 2.75) is 20.0 Å². The van der Waals surface area contributed by atoms with Gasteiger partial charge in [-0.25, -0.2) is 0 Å². The van der Waals surface area contributed by atoms with E-state index in [4.69, 9.17) is 14.2 Å². The fourth-order valence-electron chi connectivity index (χ4n) is 4.06. The van der Waals surface area contributed by atoms with Crippen LogP contribution in [0.5, 0.6) is 17.2 Å². The van der Waals surface area contributed by atoms with E-state index in [1.54, 1.807) is 6.92 Å². The van der Waals surface area contributed by atoms with Crippen molar-refractivity contribution in [3.8, 4) is 28.5 Å². The fourth-order valence-corrected chi connectivity index (χ4v) is 4.06. The summed E-state index contributed by atoms with van der Waals surface area (Å²) in [5, 5.41) is 8.81. The van der Waals surface area contributed by atoms with E-state index in [1.807, 2.05) is 66.4 Å². The van der Waals surface area contributed by atoms with Gasteiger partial charge in [0.1, 0.15) is 5.75 Å². The number of carbonyl (C=O) groups excluding carboxylic acids is 1. The maximum absolute atomic E-state index is 12.8. The van der Waals surface area contributed by atoms with Crippen molar-refractivity contribution in [2.24, 2.45) is 0 Å². The summed E-state index contributed by atoms with van der Waals surface area (Å²) >= 11 is 0. The van der Waals surface area contributed by atoms with E-state index in [0.717, 1.165) is 34.1 Å². The van der Waals surface area contributed by atoms with Crippen LogP contribution < -0.4 is 19.1 Å². The molecule has 3 heterocycles. The van der Waals surface area contributed by atoms with E-state index < -0.39 is 6.10 Å². The number of carbonyl (C=O) groups is 1. The zero-order chi connectivity index (χ0) is 22.8. The monoisotopic (exact) mass is 446 g/mol. The molecule has 2 aromatic carbocycles. The number of aryl methyl sites for hydroxylation is 1. The lowest BCUT2D eigenvalue weighted by Gasteiger charge is -2.36. The van der Waals surface area contributed by atoms with Crippen LogP contribution >= 0.6 is 0 Å². The Morgan fingerprint density at radius 1 is 0.970 bits per heavy atom. The van der Waals surface area contributed by atoms with Crippen LogP contribution in [-0.4, -0.2) is 60.1 Å². The van der Waals surface area contributed by atoms with E-state index in [1.165, 1.54) is 0 Å². The highest BCUT2D eigenvalue weighted by molar-refractivity contribution is 5.81. The zero-order valence-electron chi connectivity index (χ0n) is 18.7. The molecule has 0 bridgehead atoms. The average Bonchev–Trinajstić information content (AvgIpc) is 3.32. The van der Waals surface area contributed by atoms with Crippen molar-refractivity contribution >= 4 is 11.7 Å². The molecular weight excluding hydrogens is 420 g/mol. The van der Waals surface area contributed by atoms with Crippen molar-refractivity contribution in [1.29, 1.82) is 0 Å². The van der Waals surface area contributed by atoms with Crippen molar-refractivity contribution < 1.29 is 19.0 Å². The van der Waals surface area contributed by atoms with Gasteiger partial charge in [-0.15, -0.1) is 10.2 Å². The lowest BCUT2D eigenvalue weighted by atomic mass is 10.1. The highest BCUT2D eigenvalue weighted by Crippen LogP contribution is 2.35. The Balaban J connectivity index is 1.17. The second-order valence-electron chi connectivity index (χ2n) is 8.23. The van der Waals surface area contributed by atoms with E-state index >= 15 is 0 Å². The quantitative estimate of drug-likeness (QED) is 0.595. The molecule has 0 N–H and O–H groups in total. The van der Waals surface area contributed by atoms with Crippen molar-refractivity contribution in [3.63, 3.8) is 0 Å². The van der Waals surface area contributed by atoms with E-state index in [-0.39, 0.29) is 12.7 Å². The van der Waals surface area contributed by atoms with Crippen LogP contribution in [0.25, 0.3) is 11.3 Å². The zero-order valence-corrected chi connectivity index (χ0v) is 18.7. The SMILES string of the molecule is Cc1cccc(OC(C)C(=O)N2CCN(c3ccc(-c4ccc5c(c4)OCO5)nn3)CC2)c1. The summed E-state index contributed by atoms with van der Waals surface area (Å²) in [4.78, 5) is 16.8. The van der Waals surface area contributed by atoms with Gasteiger partial charge in [-0.1, -0.05) is 12.1 Å². The molecule has 33 heavy (non-hydrogen) atoms. The minimum Gasteiger partial charge on any atom is -0.481 e. The number of anilines is 1. The Kier molecular flexibility index (Phi) is 5.73. The number of ether oxygens (including phenoxy) is 3. The molecule has 1 saturated heterocycles. The van der Waals surface area contributed by atoms with Crippen LogP contribution in [0.4, 0.5) is 5.82 Å². The molecule has 5 rings (SSSR count). The maximum atomic E-state index is 12.8. The minimum atomic E-state index is -0.529. The molecule has 3 aromatic rings. The van der Waals surface area contributed by atoms with Crippen LogP contribution in [0.15, 0.2) is 54.6 Å². The normalized spacial score (nSPS) is 15.9. The molecule has 1 atom stereocenters. The fraction of sp³-hybridized carbons (Fsp3) is 0.320. The van der Waals surface area contributed by atoms with Gasteiger partial charge >= 0.3 is 0 Å². The first-order valence-corrected chi connectivity index (χ1v) is 11.1. The van der Waals surface area contributed by atoms with Gasteiger partial charge in [-0.2, -0.15) is 0 Å². The predicted molar refractivity (Wildman–Crippen MR) is 124 cm³/mol. The van der Waals surface area contributed by atoms with Crippen LogP contribution in [0.3, 0.4) is 0 Å². The summed E-state index contributed by atoms with van der Waals surface area (Å²) in [5.74, 6) is 2.98. The molecule has 1 aromatic heterocycles. The third kappa shape index (κ3) is 4.55. The molecule has 8 heteroatoms. The van der Waals surface area contributed by atoms with Crippen molar-refractivity contribution in [2.75, 3.05) is 37.9 Å². The molecule has 1 unspecified atom stereocenters. The number of fused-ring (bicyclic) bond motifs is 1. The van der Waals surface area contributed by atoms with Crippen LogP contribution in [0.2, 0.25) is 0 Å². The van der Waals surface area contributed by atoms with Gasteiger partial charge in [0.15, 0.2) is 23.4 Å². The number of nitrogens with zero attached hydrogens (tertiary/aromatic N) is 4. The molecule has 0 aliphatic carbocycles. The smallest absolute Gasteiger partial charge is 0.263 e. The van der Waals surface area contributed by atoms with Crippen LogP contribution in [0.1, 0.15) is 12.5 Å². The Hall–Kier alpha value is -3.81. The molecule has 0 radical (unpaired) electrons. The first-order chi connectivity index (χ1) is 16.1. The van der Waals surface area contributed by atoms with Crippen LogP contribution in [0, 0.1) is 6.92 Å². The molecule has 2 aliphatic heterocycles. The number of amides is 1. The Morgan fingerprint density at radius 3 is 2.55 bits per heavy atom. The lowest BCUT2D eigenvalue weighted by molar-refractivity contribution is -0.138. The number of hydrogen-bond acceptors (Lipinski definition) is 7. The number of hydrogen-bond donors (Lipinski definition) is 0. The number of piperazine rings is 1.